The van der Waals surface area contributed by atoms with Crippen molar-refractivity contribution in [1.29, 1.82) is 0 Å². The maximum absolute atomic E-state index is 12.3. The average Bonchev–Trinajstić information content (AvgIpc) is 2.89. The summed E-state index contributed by atoms with van der Waals surface area (Å²) in [4.78, 5) is 47.4. The van der Waals surface area contributed by atoms with Gasteiger partial charge in [-0.05, 0) is 36.8 Å². The van der Waals surface area contributed by atoms with Crippen molar-refractivity contribution in [3.05, 3.63) is 71.8 Å². The Bertz CT molecular complexity index is 970. The Kier molecular flexibility index (Phi) is 12.5. The van der Waals surface area contributed by atoms with E-state index in [1.165, 1.54) is 0 Å². The van der Waals surface area contributed by atoms with E-state index >= 15 is 0 Å². The summed E-state index contributed by atoms with van der Waals surface area (Å²) in [6.45, 7) is 0.588. The van der Waals surface area contributed by atoms with Crippen molar-refractivity contribution in [3.63, 3.8) is 0 Å². The van der Waals surface area contributed by atoms with Crippen molar-refractivity contribution < 1.29 is 33.8 Å². The van der Waals surface area contributed by atoms with Crippen molar-refractivity contribution in [2.24, 2.45) is 5.73 Å². The Balaban J connectivity index is 1.60. The molecule has 0 saturated heterocycles. The molecule has 2 unspecified atom stereocenters. The van der Waals surface area contributed by atoms with Gasteiger partial charge in [-0.25, -0.2) is 9.59 Å². The van der Waals surface area contributed by atoms with Gasteiger partial charge in [0.15, 0.2) is 0 Å². The van der Waals surface area contributed by atoms with E-state index in [1.54, 1.807) is 0 Å². The third kappa shape index (κ3) is 11.5. The first kappa shape index (κ1) is 28.3. The number of carbonyl (C=O) groups excluding carboxylic acids is 3. The summed E-state index contributed by atoms with van der Waals surface area (Å²) in [5.74, 6) is -2.33. The Labute approximate surface area is 210 Å². The zero-order chi connectivity index (χ0) is 26.2. The number of hydrogen-bond donors (Lipinski definition) is 4. The van der Waals surface area contributed by atoms with E-state index in [0.29, 0.717) is 19.4 Å². The fraction of sp³-hybridized carbons (Fsp3) is 0.385. The van der Waals surface area contributed by atoms with Gasteiger partial charge in [-0.1, -0.05) is 60.7 Å². The van der Waals surface area contributed by atoms with Gasteiger partial charge in [0, 0.05) is 13.0 Å². The summed E-state index contributed by atoms with van der Waals surface area (Å²) in [5, 5.41) is 14.4. The first-order valence-corrected chi connectivity index (χ1v) is 11.8. The predicted molar refractivity (Wildman–Crippen MR) is 131 cm³/mol. The van der Waals surface area contributed by atoms with Crippen LogP contribution in [0.2, 0.25) is 0 Å². The van der Waals surface area contributed by atoms with Crippen LogP contribution in [0.4, 0.5) is 4.79 Å². The standard InChI is InChI=1S/C26H33N3O7/c27-21(14-15-23(30)35-17-19-9-3-1-4-10-19)24(31)29-22(25(32)33)13-7-8-16-28-26(34)36-18-20-11-5-2-6-12-20/h1-6,9-12,21-22H,7-8,13-18,27H2,(H,28,34)(H,29,31)(H,32,33). The molecule has 0 fully saturated rings. The van der Waals surface area contributed by atoms with E-state index in [1.807, 2.05) is 60.7 Å². The van der Waals surface area contributed by atoms with E-state index in [-0.39, 0.29) is 32.5 Å². The molecule has 2 aromatic rings. The summed E-state index contributed by atoms with van der Waals surface area (Å²) < 4.78 is 10.3. The summed E-state index contributed by atoms with van der Waals surface area (Å²) in [6.07, 6.45) is 0.506. The lowest BCUT2D eigenvalue weighted by Gasteiger charge is -2.18. The highest BCUT2D eigenvalue weighted by Gasteiger charge is 2.23. The molecule has 2 rings (SSSR count). The van der Waals surface area contributed by atoms with Crippen molar-refractivity contribution in [2.75, 3.05) is 6.54 Å². The molecule has 0 aliphatic rings. The number of rotatable bonds is 15. The molecular formula is C26H33N3O7. The smallest absolute Gasteiger partial charge is 0.407 e. The predicted octanol–water partition coefficient (Wildman–Crippen LogP) is 2.50. The molecule has 0 spiro atoms. The van der Waals surface area contributed by atoms with Gasteiger partial charge >= 0.3 is 18.0 Å². The molecule has 0 saturated carbocycles. The Morgan fingerprint density at radius 3 is 2.00 bits per heavy atom. The number of alkyl carbamates (subject to hydrolysis) is 1. The van der Waals surface area contributed by atoms with Crippen LogP contribution in [0.25, 0.3) is 0 Å². The number of nitrogens with two attached hydrogens (primary N) is 1. The molecule has 0 aliphatic heterocycles. The van der Waals surface area contributed by atoms with Crippen LogP contribution in [-0.4, -0.2) is 47.7 Å². The molecule has 194 valence electrons. The van der Waals surface area contributed by atoms with Crippen LogP contribution in [0.3, 0.4) is 0 Å². The quantitative estimate of drug-likeness (QED) is 0.215. The van der Waals surface area contributed by atoms with Gasteiger partial charge in [0.05, 0.1) is 6.04 Å². The molecule has 0 bridgehead atoms. The number of carbonyl (C=O) groups is 4. The maximum atomic E-state index is 12.3. The lowest BCUT2D eigenvalue weighted by molar-refractivity contribution is -0.145. The fourth-order valence-electron chi connectivity index (χ4n) is 3.19. The number of amides is 2. The number of hydrogen-bond acceptors (Lipinski definition) is 7. The number of benzene rings is 2. The van der Waals surface area contributed by atoms with Gasteiger partial charge in [-0.3, -0.25) is 9.59 Å². The number of carboxylic acids is 1. The number of unbranched alkanes of at least 4 members (excludes halogenated alkanes) is 1. The highest BCUT2D eigenvalue weighted by Crippen LogP contribution is 2.06. The molecule has 10 heteroatoms. The van der Waals surface area contributed by atoms with Gasteiger partial charge in [0.25, 0.3) is 0 Å². The third-order valence-corrected chi connectivity index (χ3v) is 5.26. The summed E-state index contributed by atoms with van der Waals surface area (Å²) in [5.41, 5.74) is 7.54. The van der Waals surface area contributed by atoms with Gasteiger partial charge in [-0.15, -0.1) is 0 Å². The molecular weight excluding hydrogens is 466 g/mol. The Morgan fingerprint density at radius 1 is 0.833 bits per heavy atom. The Morgan fingerprint density at radius 2 is 1.42 bits per heavy atom. The molecule has 2 aromatic carbocycles. The lowest BCUT2D eigenvalue weighted by atomic mass is 10.1. The SMILES string of the molecule is NC(CCC(=O)OCc1ccccc1)C(=O)NC(CCCCNC(=O)OCc1ccccc1)C(=O)O. The minimum Gasteiger partial charge on any atom is -0.480 e. The van der Waals surface area contributed by atoms with Crippen LogP contribution >= 0.6 is 0 Å². The lowest BCUT2D eigenvalue weighted by Crippen LogP contribution is -2.48. The Hall–Kier alpha value is -3.92. The molecule has 0 aromatic heterocycles. The zero-order valence-electron chi connectivity index (χ0n) is 20.1. The monoisotopic (exact) mass is 499 g/mol. The first-order valence-electron chi connectivity index (χ1n) is 11.8. The molecule has 10 nitrogen and oxygen atoms in total. The van der Waals surface area contributed by atoms with E-state index in [9.17, 15) is 24.3 Å². The van der Waals surface area contributed by atoms with Crippen molar-refractivity contribution in [1.82, 2.24) is 10.6 Å². The highest BCUT2D eigenvalue weighted by molar-refractivity contribution is 5.87. The number of nitrogens with one attached hydrogen (secondary N) is 2. The molecule has 2 amide bonds. The average molecular weight is 500 g/mol. The van der Waals surface area contributed by atoms with Gasteiger partial charge in [0.2, 0.25) is 5.91 Å². The molecule has 2 atom stereocenters. The number of ether oxygens (including phenoxy) is 2. The van der Waals surface area contributed by atoms with Crippen LogP contribution < -0.4 is 16.4 Å². The van der Waals surface area contributed by atoms with Crippen LogP contribution in [0.15, 0.2) is 60.7 Å². The maximum Gasteiger partial charge on any atom is 0.407 e. The zero-order valence-corrected chi connectivity index (χ0v) is 20.1. The van der Waals surface area contributed by atoms with Crippen molar-refractivity contribution in [3.8, 4) is 0 Å². The minimum absolute atomic E-state index is 0.0286. The van der Waals surface area contributed by atoms with Crippen molar-refractivity contribution in [2.45, 2.75) is 57.4 Å². The largest absolute Gasteiger partial charge is 0.480 e. The van der Waals surface area contributed by atoms with Crippen molar-refractivity contribution >= 4 is 23.9 Å². The summed E-state index contributed by atoms with van der Waals surface area (Å²) in [7, 11) is 0. The summed E-state index contributed by atoms with van der Waals surface area (Å²) >= 11 is 0. The van der Waals surface area contributed by atoms with Crippen LogP contribution in [0.5, 0.6) is 0 Å². The van der Waals surface area contributed by atoms with E-state index in [2.05, 4.69) is 10.6 Å². The molecule has 0 aliphatic carbocycles. The minimum atomic E-state index is -1.19. The molecule has 36 heavy (non-hydrogen) atoms. The highest BCUT2D eigenvalue weighted by atomic mass is 16.5. The first-order chi connectivity index (χ1) is 17.3. The molecule has 0 radical (unpaired) electrons. The van der Waals surface area contributed by atoms with E-state index in [0.717, 1.165) is 11.1 Å². The van der Waals surface area contributed by atoms with Crippen LogP contribution in [0, 0.1) is 0 Å². The topological polar surface area (TPSA) is 157 Å². The normalized spacial score (nSPS) is 12.1. The van der Waals surface area contributed by atoms with Crippen LogP contribution in [-0.2, 0) is 37.1 Å². The van der Waals surface area contributed by atoms with Crippen LogP contribution in [0.1, 0.15) is 43.2 Å². The van der Waals surface area contributed by atoms with E-state index < -0.39 is 36.0 Å². The summed E-state index contributed by atoms with van der Waals surface area (Å²) in [6, 6.07) is 16.3. The van der Waals surface area contributed by atoms with Gasteiger partial charge in [0.1, 0.15) is 19.3 Å². The number of carboxylic acid groups (broad SMARTS) is 1. The second-order valence-corrected chi connectivity index (χ2v) is 8.18. The second-order valence-electron chi connectivity index (χ2n) is 8.18. The number of aliphatic carboxylic acids is 1. The van der Waals surface area contributed by atoms with Gasteiger partial charge < -0.3 is 30.9 Å². The van der Waals surface area contributed by atoms with E-state index in [4.69, 9.17) is 15.2 Å². The molecule has 5 N–H and O–H groups in total. The second kappa shape index (κ2) is 15.9. The van der Waals surface area contributed by atoms with Gasteiger partial charge in [-0.2, -0.15) is 0 Å². The third-order valence-electron chi connectivity index (χ3n) is 5.26. The molecule has 0 heterocycles. The number of esters is 1. The fourth-order valence-corrected chi connectivity index (χ4v) is 3.19.